The van der Waals surface area contributed by atoms with Gasteiger partial charge in [0.15, 0.2) is 0 Å². The number of hydrogen-bond acceptors (Lipinski definition) is 4. The predicted octanol–water partition coefficient (Wildman–Crippen LogP) is -0.732. The zero-order chi connectivity index (χ0) is 11.4. The summed E-state index contributed by atoms with van der Waals surface area (Å²) in [6.45, 7) is 5.63. The Bertz CT molecular complexity index is 233. The molecule has 0 aromatic rings. The van der Waals surface area contributed by atoms with Crippen LogP contribution in [0.2, 0.25) is 0 Å². The summed E-state index contributed by atoms with van der Waals surface area (Å²) in [4.78, 5) is 15.8. The zero-order valence-electron chi connectivity index (χ0n) is 9.73. The normalized spacial score (nSPS) is 24.7. The smallest absolute Gasteiger partial charge is 0.236 e. The van der Waals surface area contributed by atoms with E-state index < -0.39 is 0 Å². The van der Waals surface area contributed by atoms with E-state index in [1.165, 1.54) is 0 Å². The van der Waals surface area contributed by atoms with E-state index in [0.717, 1.165) is 52.2 Å². The van der Waals surface area contributed by atoms with Crippen molar-refractivity contribution in [2.24, 2.45) is 5.73 Å². The minimum Gasteiger partial charge on any atom is -0.379 e. The summed E-state index contributed by atoms with van der Waals surface area (Å²) in [6.07, 6.45) is 2.15. The number of nitrogens with two attached hydrogens (primary N) is 1. The lowest BCUT2D eigenvalue weighted by Gasteiger charge is -2.40. The second kappa shape index (κ2) is 5.61. The Hall–Kier alpha value is -0.650. The molecule has 0 aromatic carbocycles. The highest BCUT2D eigenvalue weighted by Crippen LogP contribution is 2.17. The van der Waals surface area contributed by atoms with E-state index in [-0.39, 0.29) is 12.5 Å². The highest BCUT2D eigenvalue weighted by Gasteiger charge is 2.27. The fourth-order valence-electron chi connectivity index (χ4n) is 2.55. The molecule has 0 atom stereocenters. The van der Waals surface area contributed by atoms with Gasteiger partial charge in [0, 0.05) is 32.2 Å². The molecule has 0 unspecified atom stereocenters. The van der Waals surface area contributed by atoms with E-state index in [1.54, 1.807) is 0 Å². The number of carbonyl (C=O) groups is 1. The van der Waals surface area contributed by atoms with Crippen LogP contribution in [0.1, 0.15) is 12.8 Å². The van der Waals surface area contributed by atoms with Gasteiger partial charge in [-0.05, 0) is 12.8 Å². The summed E-state index contributed by atoms with van der Waals surface area (Å²) in [5, 5.41) is 0. The summed E-state index contributed by atoms with van der Waals surface area (Å²) in [5.41, 5.74) is 5.36. The molecule has 2 aliphatic rings. The van der Waals surface area contributed by atoms with Gasteiger partial charge in [-0.3, -0.25) is 9.69 Å². The number of rotatable bonds is 2. The van der Waals surface area contributed by atoms with Crippen LogP contribution in [-0.4, -0.2) is 67.7 Å². The minimum absolute atomic E-state index is 0.0837. The summed E-state index contributed by atoms with van der Waals surface area (Å²) in [5.74, 6) is 0.0837. The van der Waals surface area contributed by atoms with Gasteiger partial charge >= 0.3 is 0 Å². The molecular formula is C11H21N3O2. The molecule has 2 heterocycles. The molecule has 2 saturated heterocycles. The molecule has 2 aliphatic heterocycles. The number of morpholine rings is 1. The lowest BCUT2D eigenvalue weighted by Crippen LogP contribution is -2.50. The summed E-state index contributed by atoms with van der Waals surface area (Å²) in [6, 6.07) is 0.630. The maximum atomic E-state index is 11.4. The lowest BCUT2D eigenvalue weighted by molar-refractivity contribution is -0.131. The van der Waals surface area contributed by atoms with Crippen molar-refractivity contribution in [3.63, 3.8) is 0 Å². The summed E-state index contributed by atoms with van der Waals surface area (Å²) >= 11 is 0. The van der Waals surface area contributed by atoms with Gasteiger partial charge < -0.3 is 15.4 Å². The largest absolute Gasteiger partial charge is 0.379 e. The van der Waals surface area contributed by atoms with Gasteiger partial charge in [0.05, 0.1) is 19.8 Å². The quantitative estimate of drug-likeness (QED) is 0.675. The van der Waals surface area contributed by atoms with Crippen molar-refractivity contribution >= 4 is 5.91 Å². The van der Waals surface area contributed by atoms with Gasteiger partial charge in [-0.2, -0.15) is 0 Å². The van der Waals surface area contributed by atoms with Gasteiger partial charge in [-0.1, -0.05) is 0 Å². The third-order valence-corrected chi connectivity index (χ3v) is 3.55. The van der Waals surface area contributed by atoms with Gasteiger partial charge in [0.1, 0.15) is 0 Å². The fraction of sp³-hybridized carbons (Fsp3) is 0.909. The third-order valence-electron chi connectivity index (χ3n) is 3.55. The first kappa shape index (κ1) is 11.8. The topological polar surface area (TPSA) is 58.8 Å². The van der Waals surface area contributed by atoms with Gasteiger partial charge in [-0.15, -0.1) is 0 Å². The number of hydrogen-bond donors (Lipinski definition) is 1. The first-order chi connectivity index (χ1) is 7.81. The number of carbonyl (C=O) groups excluding carboxylic acids is 1. The molecule has 0 spiro atoms. The van der Waals surface area contributed by atoms with Crippen LogP contribution < -0.4 is 5.73 Å². The molecule has 5 nitrogen and oxygen atoms in total. The van der Waals surface area contributed by atoms with Gasteiger partial charge in [0.25, 0.3) is 0 Å². The molecule has 5 heteroatoms. The number of amides is 1. The van der Waals surface area contributed by atoms with E-state index in [9.17, 15) is 4.79 Å². The van der Waals surface area contributed by atoms with Crippen LogP contribution in [0.25, 0.3) is 0 Å². The molecule has 2 N–H and O–H groups in total. The third kappa shape index (κ3) is 2.72. The Kier molecular flexibility index (Phi) is 4.15. The summed E-state index contributed by atoms with van der Waals surface area (Å²) < 4.78 is 5.34. The molecule has 2 rings (SSSR count). The Morgan fingerprint density at radius 1 is 1.19 bits per heavy atom. The van der Waals surface area contributed by atoms with E-state index in [2.05, 4.69) is 4.90 Å². The Balaban J connectivity index is 1.78. The molecular weight excluding hydrogens is 206 g/mol. The lowest BCUT2D eigenvalue weighted by atomic mass is 10.0. The Morgan fingerprint density at radius 3 is 2.38 bits per heavy atom. The van der Waals surface area contributed by atoms with Crippen LogP contribution in [0.3, 0.4) is 0 Å². The van der Waals surface area contributed by atoms with Crippen molar-refractivity contribution in [3.8, 4) is 0 Å². The highest BCUT2D eigenvalue weighted by molar-refractivity contribution is 5.78. The molecule has 2 fully saturated rings. The molecule has 0 aliphatic carbocycles. The van der Waals surface area contributed by atoms with Crippen LogP contribution >= 0.6 is 0 Å². The second-order valence-corrected chi connectivity index (χ2v) is 4.46. The van der Waals surface area contributed by atoms with Crippen LogP contribution in [-0.2, 0) is 9.53 Å². The number of piperidine rings is 1. The molecule has 16 heavy (non-hydrogen) atoms. The average molecular weight is 227 g/mol. The van der Waals surface area contributed by atoms with Crippen molar-refractivity contribution in [3.05, 3.63) is 0 Å². The van der Waals surface area contributed by atoms with Crippen molar-refractivity contribution in [2.75, 3.05) is 45.9 Å². The van der Waals surface area contributed by atoms with Crippen LogP contribution in [0.15, 0.2) is 0 Å². The Labute approximate surface area is 96.5 Å². The van der Waals surface area contributed by atoms with Crippen LogP contribution in [0, 0.1) is 0 Å². The van der Waals surface area contributed by atoms with Crippen molar-refractivity contribution in [1.82, 2.24) is 9.80 Å². The second-order valence-electron chi connectivity index (χ2n) is 4.46. The first-order valence-electron chi connectivity index (χ1n) is 6.11. The van der Waals surface area contributed by atoms with E-state index in [0.29, 0.717) is 6.04 Å². The molecule has 0 saturated carbocycles. The maximum absolute atomic E-state index is 11.4. The first-order valence-corrected chi connectivity index (χ1v) is 6.11. The van der Waals surface area contributed by atoms with Gasteiger partial charge in [-0.25, -0.2) is 0 Å². The van der Waals surface area contributed by atoms with E-state index >= 15 is 0 Å². The van der Waals surface area contributed by atoms with E-state index in [1.807, 2.05) is 4.90 Å². The standard InChI is InChI=1S/C11H21N3O2/c12-9-11(15)14-3-1-10(2-4-14)13-5-7-16-8-6-13/h10H,1-9,12H2. The number of nitrogens with zero attached hydrogens (tertiary/aromatic N) is 2. The molecule has 1 amide bonds. The SMILES string of the molecule is NCC(=O)N1CCC(N2CCOCC2)CC1. The maximum Gasteiger partial charge on any atom is 0.236 e. The van der Waals surface area contributed by atoms with Crippen molar-refractivity contribution in [1.29, 1.82) is 0 Å². The fourth-order valence-corrected chi connectivity index (χ4v) is 2.55. The summed E-state index contributed by atoms with van der Waals surface area (Å²) in [7, 11) is 0. The molecule has 0 bridgehead atoms. The van der Waals surface area contributed by atoms with Crippen molar-refractivity contribution in [2.45, 2.75) is 18.9 Å². The van der Waals surface area contributed by atoms with Crippen molar-refractivity contribution < 1.29 is 9.53 Å². The predicted molar refractivity (Wildman–Crippen MR) is 61.0 cm³/mol. The number of likely N-dealkylation sites (tertiary alicyclic amines) is 1. The Morgan fingerprint density at radius 2 is 1.81 bits per heavy atom. The average Bonchev–Trinajstić information content (AvgIpc) is 2.39. The highest BCUT2D eigenvalue weighted by atomic mass is 16.5. The molecule has 0 aromatic heterocycles. The van der Waals surface area contributed by atoms with Crippen LogP contribution in [0.5, 0.6) is 0 Å². The van der Waals surface area contributed by atoms with Crippen LogP contribution in [0.4, 0.5) is 0 Å². The number of ether oxygens (including phenoxy) is 1. The monoisotopic (exact) mass is 227 g/mol. The van der Waals surface area contributed by atoms with E-state index in [4.69, 9.17) is 10.5 Å². The van der Waals surface area contributed by atoms with Gasteiger partial charge in [0.2, 0.25) is 5.91 Å². The molecule has 92 valence electrons. The minimum atomic E-state index is 0.0837. The zero-order valence-corrected chi connectivity index (χ0v) is 9.73. The molecule has 0 radical (unpaired) electrons.